The zero-order chi connectivity index (χ0) is 13.9. The van der Waals surface area contributed by atoms with Gasteiger partial charge in [-0.2, -0.15) is 0 Å². The number of amides is 1. The summed E-state index contributed by atoms with van der Waals surface area (Å²) in [5.74, 6) is -0.0417. The first-order chi connectivity index (χ1) is 9.74. The third-order valence-corrected chi connectivity index (χ3v) is 2.87. The Bertz CT molecular complexity index is 771. The van der Waals surface area contributed by atoms with Crippen molar-refractivity contribution in [2.24, 2.45) is 0 Å². The van der Waals surface area contributed by atoms with E-state index < -0.39 is 5.91 Å². The number of imidazole rings is 1. The number of H-pyrrole nitrogens is 1. The molecule has 3 heterocycles. The fourth-order valence-electron chi connectivity index (χ4n) is 1.61. The van der Waals surface area contributed by atoms with Gasteiger partial charge in [0.2, 0.25) is 0 Å². The highest BCUT2D eigenvalue weighted by Gasteiger charge is 2.09. The van der Waals surface area contributed by atoms with Gasteiger partial charge in [0.05, 0.1) is 16.9 Å². The first-order valence-electron chi connectivity index (χ1n) is 5.71. The molecule has 0 saturated carbocycles. The van der Waals surface area contributed by atoms with Crippen LogP contribution in [0, 0.1) is 0 Å². The largest absolute Gasteiger partial charge is 0.343 e. The summed E-state index contributed by atoms with van der Waals surface area (Å²) in [6.45, 7) is 0. The Labute approximate surface area is 118 Å². The number of fused-ring (bicyclic) bond motifs is 1. The SMILES string of the molecule is O=C(NNc1ncccc1Cl)c1ccc2[nH]cnc2n1. The highest BCUT2D eigenvalue weighted by molar-refractivity contribution is 6.32. The number of aromatic nitrogens is 4. The standard InChI is InChI=1S/C12H9ClN6O/c13-7-2-1-5-14-10(7)18-19-12(20)9-4-3-8-11(17-9)16-6-15-8/h1-6H,(H,14,18)(H,19,20)(H,15,16,17). The van der Waals surface area contributed by atoms with E-state index in [1.54, 1.807) is 30.5 Å². The van der Waals surface area contributed by atoms with Crippen molar-refractivity contribution in [1.29, 1.82) is 0 Å². The number of nitrogens with one attached hydrogen (secondary N) is 3. The Morgan fingerprint density at radius 1 is 1.25 bits per heavy atom. The van der Waals surface area contributed by atoms with Crippen LogP contribution in [0.1, 0.15) is 10.5 Å². The lowest BCUT2D eigenvalue weighted by molar-refractivity contribution is 0.0958. The van der Waals surface area contributed by atoms with E-state index in [9.17, 15) is 4.79 Å². The van der Waals surface area contributed by atoms with Crippen molar-refractivity contribution in [1.82, 2.24) is 25.4 Å². The highest BCUT2D eigenvalue weighted by Crippen LogP contribution is 2.16. The van der Waals surface area contributed by atoms with Crippen LogP contribution in [-0.4, -0.2) is 25.8 Å². The van der Waals surface area contributed by atoms with Crippen LogP contribution < -0.4 is 10.9 Å². The molecule has 8 heteroatoms. The maximum Gasteiger partial charge on any atom is 0.288 e. The van der Waals surface area contributed by atoms with Crippen molar-refractivity contribution in [2.75, 3.05) is 5.43 Å². The normalized spacial score (nSPS) is 10.4. The highest BCUT2D eigenvalue weighted by atomic mass is 35.5. The van der Waals surface area contributed by atoms with Gasteiger partial charge >= 0.3 is 0 Å². The molecule has 0 aromatic carbocycles. The quantitative estimate of drug-likeness (QED) is 0.638. The predicted molar refractivity (Wildman–Crippen MR) is 74.2 cm³/mol. The number of nitrogens with zero attached hydrogens (tertiary/aromatic N) is 3. The number of halogens is 1. The number of carbonyl (C=O) groups is 1. The van der Waals surface area contributed by atoms with Gasteiger partial charge in [0.1, 0.15) is 5.69 Å². The van der Waals surface area contributed by atoms with E-state index in [1.807, 2.05) is 0 Å². The molecule has 0 aliphatic rings. The van der Waals surface area contributed by atoms with E-state index in [0.29, 0.717) is 16.5 Å². The number of pyridine rings is 2. The molecule has 3 rings (SSSR count). The number of anilines is 1. The van der Waals surface area contributed by atoms with Crippen molar-refractivity contribution in [3.8, 4) is 0 Å². The van der Waals surface area contributed by atoms with E-state index in [4.69, 9.17) is 11.6 Å². The van der Waals surface area contributed by atoms with E-state index in [1.165, 1.54) is 6.33 Å². The van der Waals surface area contributed by atoms with Crippen LogP contribution in [0.2, 0.25) is 5.02 Å². The van der Waals surface area contributed by atoms with E-state index in [0.717, 1.165) is 5.52 Å². The molecule has 0 radical (unpaired) electrons. The number of hydrogen-bond acceptors (Lipinski definition) is 5. The number of hydrazine groups is 1. The fraction of sp³-hybridized carbons (Fsp3) is 0. The molecule has 0 aliphatic heterocycles. The van der Waals surface area contributed by atoms with Crippen molar-refractivity contribution in [3.63, 3.8) is 0 Å². The zero-order valence-corrected chi connectivity index (χ0v) is 10.8. The molecule has 0 fully saturated rings. The minimum atomic E-state index is -0.406. The van der Waals surface area contributed by atoms with Gasteiger partial charge in [-0.15, -0.1) is 0 Å². The van der Waals surface area contributed by atoms with Gasteiger partial charge in [0, 0.05) is 6.20 Å². The second-order valence-corrected chi connectivity index (χ2v) is 4.29. The Hall–Kier alpha value is -2.67. The molecule has 0 saturated heterocycles. The number of rotatable bonds is 3. The number of aromatic amines is 1. The van der Waals surface area contributed by atoms with Gasteiger partial charge in [0.25, 0.3) is 5.91 Å². The summed E-state index contributed by atoms with van der Waals surface area (Å²) in [5.41, 5.74) is 6.60. The third-order valence-electron chi connectivity index (χ3n) is 2.57. The summed E-state index contributed by atoms with van der Waals surface area (Å²) in [5, 5.41) is 0.406. The molecule has 0 bridgehead atoms. The van der Waals surface area contributed by atoms with E-state index in [2.05, 4.69) is 30.8 Å². The molecule has 0 aliphatic carbocycles. The molecular formula is C12H9ClN6O. The molecule has 100 valence electrons. The molecule has 0 atom stereocenters. The molecule has 3 aromatic heterocycles. The zero-order valence-electron chi connectivity index (χ0n) is 10.1. The van der Waals surface area contributed by atoms with Crippen LogP contribution in [0.4, 0.5) is 5.82 Å². The lowest BCUT2D eigenvalue weighted by atomic mass is 10.3. The fourth-order valence-corrected chi connectivity index (χ4v) is 1.78. The average molecular weight is 289 g/mol. The summed E-state index contributed by atoms with van der Waals surface area (Å²) in [4.78, 5) is 27.0. The molecule has 1 amide bonds. The Balaban J connectivity index is 1.74. The summed E-state index contributed by atoms with van der Waals surface area (Å²) in [6.07, 6.45) is 3.08. The van der Waals surface area contributed by atoms with Crippen LogP contribution in [0.3, 0.4) is 0 Å². The van der Waals surface area contributed by atoms with Gasteiger partial charge in [-0.05, 0) is 24.3 Å². The minimum Gasteiger partial charge on any atom is -0.343 e. The van der Waals surface area contributed by atoms with Crippen LogP contribution in [-0.2, 0) is 0 Å². The summed E-state index contributed by atoms with van der Waals surface area (Å²) in [6, 6.07) is 6.69. The molecule has 3 aromatic rings. The Kier molecular flexibility index (Phi) is 3.18. The van der Waals surface area contributed by atoms with Gasteiger partial charge in [-0.1, -0.05) is 11.6 Å². The van der Waals surface area contributed by atoms with Crippen LogP contribution >= 0.6 is 11.6 Å². The van der Waals surface area contributed by atoms with Crippen molar-refractivity contribution < 1.29 is 4.79 Å². The minimum absolute atomic E-state index is 0.240. The molecule has 20 heavy (non-hydrogen) atoms. The summed E-state index contributed by atoms with van der Waals surface area (Å²) < 4.78 is 0. The lowest BCUT2D eigenvalue weighted by Gasteiger charge is -2.08. The molecule has 0 unspecified atom stereocenters. The van der Waals surface area contributed by atoms with Crippen molar-refractivity contribution >= 4 is 34.5 Å². The third kappa shape index (κ3) is 2.39. The monoisotopic (exact) mass is 288 g/mol. The van der Waals surface area contributed by atoms with E-state index in [-0.39, 0.29) is 5.69 Å². The molecular weight excluding hydrogens is 280 g/mol. The van der Waals surface area contributed by atoms with Gasteiger partial charge in [-0.3, -0.25) is 15.6 Å². The Morgan fingerprint density at radius 2 is 2.15 bits per heavy atom. The van der Waals surface area contributed by atoms with Gasteiger partial charge < -0.3 is 4.98 Å². The second-order valence-electron chi connectivity index (χ2n) is 3.88. The number of carbonyl (C=O) groups excluding carboxylic acids is 1. The number of hydrogen-bond donors (Lipinski definition) is 3. The maximum atomic E-state index is 11.9. The summed E-state index contributed by atoms with van der Waals surface area (Å²) >= 11 is 5.91. The smallest absolute Gasteiger partial charge is 0.288 e. The van der Waals surface area contributed by atoms with Crippen molar-refractivity contribution in [3.05, 3.63) is 47.5 Å². The first-order valence-corrected chi connectivity index (χ1v) is 6.09. The molecule has 7 nitrogen and oxygen atoms in total. The van der Waals surface area contributed by atoms with Crippen molar-refractivity contribution in [2.45, 2.75) is 0 Å². The van der Waals surface area contributed by atoms with Gasteiger partial charge in [0.15, 0.2) is 11.5 Å². The van der Waals surface area contributed by atoms with Crippen LogP contribution in [0.15, 0.2) is 36.8 Å². The van der Waals surface area contributed by atoms with Gasteiger partial charge in [-0.25, -0.2) is 15.0 Å². The molecule has 3 N–H and O–H groups in total. The van der Waals surface area contributed by atoms with Crippen LogP contribution in [0.25, 0.3) is 11.2 Å². The topological polar surface area (TPSA) is 95.6 Å². The first kappa shape index (κ1) is 12.4. The van der Waals surface area contributed by atoms with E-state index >= 15 is 0 Å². The Morgan fingerprint density at radius 3 is 3.00 bits per heavy atom. The van der Waals surface area contributed by atoms with Crippen LogP contribution in [0.5, 0.6) is 0 Å². The maximum absolute atomic E-state index is 11.9. The summed E-state index contributed by atoms with van der Waals surface area (Å²) in [7, 11) is 0. The predicted octanol–water partition coefficient (Wildman–Crippen LogP) is 1.76. The second kappa shape index (κ2) is 5.14. The lowest BCUT2D eigenvalue weighted by Crippen LogP contribution is -2.30. The molecule has 0 spiro atoms. The average Bonchev–Trinajstić information content (AvgIpc) is 2.93.